The number of anilines is 2. The molecule has 0 radical (unpaired) electrons. The van der Waals surface area contributed by atoms with Crippen LogP contribution < -0.4 is 10.1 Å². The Bertz CT molecular complexity index is 969. The number of ether oxygens (including phenoxy) is 1. The molecular formula is C19H17BrF3N3O. The molecule has 4 nitrogen and oxygen atoms in total. The zero-order chi connectivity index (χ0) is 19.8. The lowest BCUT2D eigenvalue weighted by Crippen LogP contribution is -2.13. The van der Waals surface area contributed by atoms with Crippen LogP contribution >= 0.6 is 15.9 Å². The SMILES string of the molecule is COc1ccc(C)c(Nc2nn(-c3ccccc3)c(C(F)(F)F)c2Br)c1C. The number of methoxy groups -OCH3 is 1. The fourth-order valence-electron chi connectivity index (χ4n) is 2.84. The van der Waals surface area contributed by atoms with E-state index in [2.05, 4.69) is 26.3 Å². The highest BCUT2D eigenvalue weighted by atomic mass is 79.9. The van der Waals surface area contributed by atoms with Gasteiger partial charge in [0, 0.05) is 11.3 Å². The first-order valence-electron chi connectivity index (χ1n) is 8.06. The van der Waals surface area contributed by atoms with Crippen LogP contribution in [-0.2, 0) is 6.18 Å². The molecule has 0 unspecified atom stereocenters. The van der Waals surface area contributed by atoms with E-state index in [1.54, 1.807) is 37.4 Å². The zero-order valence-electron chi connectivity index (χ0n) is 14.9. The van der Waals surface area contributed by atoms with E-state index in [1.807, 2.05) is 26.0 Å². The van der Waals surface area contributed by atoms with Crippen molar-refractivity contribution in [2.24, 2.45) is 0 Å². The van der Waals surface area contributed by atoms with Crippen LogP contribution in [0, 0.1) is 13.8 Å². The zero-order valence-corrected chi connectivity index (χ0v) is 16.4. The summed E-state index contributed by atoms with van der Waals surface area (Å²) in [5, 5.41) is 7.20. The maximum Gasteiger partial charge on any atom is 0.434 e. The molecule has 0 aliphatic rings. The van der Waals surface area contributed by atoms with Gasteiger partial charge in [0.2, 0.25) is 0 Å². The van der Waals surface area contributed by atoms with Crippen molar-refractivity contribution < 1.29 is 17.9 Å². The third-order valence-corrected chi connectivity index (χ3v) is 4.93. The molecule has 0 saturated carbocycles. The Morgan fingerprint density at radius 1 is 1.07 bits per heavy atom. The van der Waals surface area contributed by atoms with Crippen LogP contribution in [0.25, 0.3) is 5.69 Å². The van der Waals surface area contributed by atoms with Gasteiger partial charge in [-0.3, -0.25) is 0 Å². The monoisotopic (exact) mass is 439 g/mol. The second-order valence-corrected chi connectivity index (χ2v) is 6.76. The summed E-state index contributed by atoms with van der Waals surface area (Å²) in [7, 11) is 1.54. The van der Waals surface area contributed by atoms with Crippen LogP contribution in [0.15, 0.2) is 46.9 Å². The minimum absolute atomic E-state index is 0.0747. The molecule has 0 saturated heterocycles. The van der Waals surface area contributed by atoms with Crippen LogP contribution in [-0.4, -0.2) is 16.9 Å². The third-order valence-electron chi connectivity index (χ3n) is 4.18. The van der Waals surface area contributed by atoms with Gasteiger partial charge in [-0.1, -0.05) is 24.3 Å². The standard InChI is InChI=1S/C19H17BrF3N3O/c1-11-9-10-14(27-3)12(2)16(11)24-18-15(20)17(19(21,22)23)26(25-18)13-7-5-4-6-8-13/h4-10H,1-3H3,(H,24,25). The van der Waals surface area contributed by atoms with Crippen LogP contribution in [0.5, 0.6) is 5.75 Å². The lowest BCUT2D eigenvalue weighted by Gasteiger charge is -2.14. The van der Waals surface area contributed by atoms with E-state index < -0.39 is 11.9 Å². The first-order valence-corrected chi connectivity index (χ1v) is 8.85. The van der Waals surface area contributed by atoms with Crippen LogP contribution in [0.3, 0.4) is 0 Å². The second kappa shape index (κ2) is 7.26. The molecule has 142 valence electrons. The Morgan fingerprint density at radius 3 is 2.33 bits per heavy atom. The fraction of sp³-hybridized carbons (Fsp3) is 0.211. The Morgan fingerprint density at radius 2 is 1.74 bits per heavy atom. The lowest BCUT2D eigenvalue weighted by molar-refractivity contribution is -0.143. The van der Waals surface area contributed by atoms with E-state index in [0.717, 1.165) is 15.8 Å². The van der Waals surface area contributed by atoms with Gasteiger partial charge >= 0.3 is 6.18 Å². The number of alkyl halides is 3. The molecular weight excluding hydrogens is 423 g/mol. The summed E-state index contributed by atoms with van der Waals surface area (Å²) < 4.78 is 47.1. The van der Waals surface area contributed by atoms with Crippen molar-refractivity contribution in [3.63, 3.8) is 0 Å². The van der Waals surface area contributed by atoms with Crippen LogP contribution in [0.4, 0.5) is 24.7 Å². The van der Waals surface area contributed by atoms with Gasteiger partial charge in [0.15, 0.2) is 11.5 Å². The number of rotatable bonds is 4. The van der Waals surface area contributed by atoms with Crippen molar-refractivity contribution in [3.05, 3.63) is 63.8 Å². The number of aryl methyl sites for hydroxylation is 1. The van der Waals surface area contributed by atoms with Crippen molar-refractivity contribution in [1.82, 2.24) is 9.78 Å². The smallest absolute Gasteiger partial charge is 0.434 e. The summed E-state index contributed by atoms with van der Waals surface area (Å²) in [6.07, 6.45) is -4.58. The van der Waals surface area contributed by atoms with Gasteiger partial charge in [-0.05, 0) is 53.5 Å². The highest BCUT2D eigenvalue weighted by Gasteiger charge is 2.40. The molecule has 8 heteroatoms. The number of hydrogen-bond donors (Lipinski definition) is 1. The maximum absolute atomic E-state index is 13.7. The normalized spacial score (nSPS) is 11.5. The molecule has 0 bridgehead atoms. The Labute approximate surface area is 163 Å². The Balaban J connectivity index is 2.15. The van der Waals surface area contributed by atoms with Crippen molar-refractivity contribution >= 4 is 27.4 Å². The van der Waals surface area contributed by atoms with Gasteiger partial charge < -0.3 is 10.1 Å². The lowest BCUT2D eigenvalue weighted by atomic mass is 10.1. The van der Waals surface area contributed by atoms with Crippen molar-refractivity contribution in [3.8, 4) is 11.4 Å². The van der Waals surface area contributed by atoms with E-state index in [9.17, 15) is 13.2 Å². The average molecular weight is 440 g/mol. The van der Waals surface area contributed by atoms with Gasteiger partial charge in [0.05, 0.1) is 17.3 Å². The largest absolute Gasteiger partial charge is 0.496 e. The van der Waals surface area contributed by atoms with Gasteiger partial charge in [-0.25, -0.2) is 4.68 Å². The van der Waals surface area contributed by atoms with E-state index in [4.69, 9.17) is 4.74 Å². The third kappa shape index (κ3) is 3.66. The molecule has 2 aromatic carbocycles. The van der Waals surface area contributed by atoms with Crippen molar-refractivity contribution in [2.75, 3.05) is 12.4 Å². The molecule has 1 aromatic heterocycles. The molecule has 0 aliphatic heterocycles. The summed E-state index contributed by atoms with van der Waals surface area (Å²) in [6.45, 7) is 3.70. The first-order chi connectivity index (χ1) is 12.7. The Kier molecular flexibility index (Phi) is 5.19. The Hall–Kier alpha value is -2.48. The van der Waals surface area contributed by atoms with Gasteiger partial charge in [0.1, 0.15) is 5.75 Å². The molecule has 0 aliphatic carbocycles. The topological polar surface area (TPSA) is 39.1 Å². The number of para-hydroxylation sites is 1. The summed E-state index contributed by atoms with van der Waals surface area (Å²) in [5.41, 5.74) is 1.74. The number of aromatic nitrogens is 2. The van der Waals surface area contributed by atoms with Crippen molar-refractivity contribution in [2.45, 2.75) is 20.0 Å². The highest BCUT2D eigenvalue weighted by Crippen LogP contribution is 2.41. The summed E-state index contributed by atoms with van der Waals surface area (Å²) >= 11 is 3.08. The van der Waals surface area contributed by atoms with E-state index in [-0.39, 0.29) is 10.3 Å². The first kappa shape index (κ1) is 19.3. The molecule has 27 heavy (non-hydrogen) atoms. The number of benzene rings is 2. The van der Waals surface area contributed by atoms with Crippen molar-refractivity contribution in [1.29, 1.82) is 0 Å². The van der Waals surface area contributed by atoms with Gasteiger partial charge in [-0.2, -0.15) is 13.2 Å². The number of nitrogens with zero attached hydrogens (tertiary/aromatic N) is 2. The van der Waals surface area contributed by atoms with Gasteiger partial charge in [0.25, 0.3) is 0 Å². The average Bonchev–Trinajstić information content (AvgIpc) is 2.96. The minimum atomic E-state index is -4.58. The number of nitrogens with one attached hydrogen (secondary N) is 1. The molecule has 1 N–H and O–H groups in total. The maximum atomic E-state index is 13.7. The molecule has 3 rings (SSSR count). The predicted octanol–water partition coefficient (Wildman–Crippen LogP) is 6.02. The number of halogens is 4. The molecule has 1 heterocycles. The fourth-order valence-corrected chi connectivity index (χ4v) is 3.41. The summed E-state index contributed by atoms with van der Waals surface area (Å²) in [6, 6.07) is 11.8. The van der Waals surface area contributed by atoms with E-state index in [0.29, 0.717) is 17.1 Å². The molecule has 0 spiro atoms. The molecule has 0 amide bonds. The highest BCUT2D eigenvalue weighted by molar-refractivity contribution is 9.10. The summed E-state index contributed by atoms with van der Waals surface area (Å²) in [4.78, 5) is 0. The molecule has 0 fully saturated rings. The predicted molar refractivity (Wildman–Crippen MR) is 102 cm³/mol. The second-order valence-electron chi connectivity index (χ2n) is 5.97. The number of hydrogen-bond acceptors (Lipinski definition) is 3. The summed E-state index contributed by atoms with van der Waals surface area (Å²) in [5.74, 6) is 0.711. The van der Waals surface area contributed by atoms with Crippen LogP contribution in [0.1, 0.15) is 16.8 Å². The quantitative estimate of drug-likeness (QED) is 0.539. The van der Waals surface area contributed by atoms with Gasteiger partial charge in [-0.15, -0.1) is 5.10 Å². The van der Waals surface area contributed by atoms with E-state index >= 15 is 0 Å². The minimum Gasteiger partial charge on any atom is -0.496 e. The van der Waals surface area contributed by atoms with E-state index in [1.165, 1.54) is 0 Å². The molecule has 0 atom stereocenters. The van der Waals surface area contributed by atoms with Crippen LogP contribution in [0.2, 0.25) is 0 Å². The molecule has 3 aromatic rings.